The molecule has 33 heavy (non-hydrogen) atoms. The van der Waals surface area contributed by atoms with Gasteiger partial charge in [-0.05, 0) is 55.3 Å². The van der Waals surface area contributed by atoms with Crippen molar-refractivity contribution < 1.29 is 14.3 Å². The second-order valence-corrected chi connectivity index (χ2v) is 8.10. The molecule has 0 bridgehead atoms. The van der Waals surface area contributed by atoms with Gasteiger partial charge in [-0.1, -0.05) is 42.5 Å². The molecule has 1 atom stereocenters. The molecule has 2 N–H and O–H groups in total. The van der Waals surface area contributed by atoms with Crippen LogP contribution in [0.5, 0.6) is 0 Å². The molecule has 0 saturated carbocycles. The maximum absolute atomic E-state index is 13.5. The summed E-state index contributed by atoms with van der Waals surface area (Å²) in [5.41, 5.74) is 5.70. The Morgan fingerprint density at radius 3 is 2.39 bits per heavy atom. The van der Waals surface area contributed by atoms with Crippen LogP contribution in [0.15, 0.2) is 72.8 Å². The number of hydrogen-bond donors (Lipinski definition) is 2. The number of amides is 1. The van der Waals surface area contributed by atoms with Gasteiger partial charge in [-0.15, -0.1) is 0 Å². The fourth-order valence-electron chi connectivity index (χ4n) is 4.03. The normalized spacial score (nSPS) is 11.8. The zero-order valence-electron chi connectivity index (χ0n) is 19.2. The first-order chi connectivity index (χ1) is 15.9. The molecule has 6 nitrogen and oxygen atoms in total. The summed E-state index contributed by atoms with van der Waals surface area (Å²) in [5, 5.41) is 7.54. The molecule has 0 saturated heterocycles. The number of ether oxygens (including phenoxy) is 1. The van der Waals surface area contributed by atoms with Crippen molar-refractivity contribution in [1.29, 1.82) is 0 Å². The summed E-state index contributed by atoms with van der Waals surface area (Å²) in [6, 6.07) is 22.8. The highest BCUT2D eigenvalue weighted by Gasteiger charge is 2.23. The van der Waals surface area contributed by atoms with Crippen molar-refractivity contribution in [3.05, 3.63) is 95.2 Å². The van der Waals surface area contributed by atoms with E-state index in [0.717, 1.165) is 33.4 Å². The molecular weight excluding hydrogens is 414 g/mol. The van der Waals surface area contributed by atoms with E-state index in [1.165, 1.54) is 7.11 Å². The third-order valence-electron chi connectivity index (χ3n) is 5.79. The molecule has 1 heterocycles. The standard InChI is InChI=1S/C27H27N3O3/c1-17-8-7-9-21(16-17)29-24-22-10-5-6-11-23(22)30(3)25(24)26(31)28-18(2)19-12-14-20(15-13-19)27(32)33-4/h5-16,18,29H,1-4H3,(H,28,31)/t18-/m0/s1. The Kier molecular flexibility index (Phi) is 6.18. The van der Waals surface area contributed by atoms with Gasteiger partial charge in [0, 0.05) is 18.1 Å². The first kappa shape index (κ1) is 22.1. The van der Waals surface area contributed by atoms with E-state index in [0.29, 0.717) is 11.3 Å². The number of rotatable bonds is 6. The molecule has 168 valence electrons. The van der Waals surface area contributed by atoms with Gasteiger partial charge in [-0.2, -0.15) is 0 Å². The van der Waals surface area contributed by atoms with E-state index in [1.54, 1.807) is 12.1 Å². The minimum Gasteiger partial charge on any atom is -0.465 e. The molecule has 1 amide bonds. The number of nitrogens with one attached hydrogen (secondary N) is 2. The van der Waals surface area contributed by atoms with E-state index in [2.05, 4.69) is 16.7 Å². The SMILES string of the molecule is COC(=O)c1ccc([C@H](C)NC(=O)c2c(Nc3cccc(C)c3)c3ccccc3n2C)cc1. The Hall–Kier alpha value is -4.06. The highest BCUT2D eigenvalue weighted by molar-refractivity contribution is 6.09. The van der Waals surface area contributed by atoms with Crippen LogP contribution >= 0.6 is 0 Å². The lowest BCUT2D eigenvalue weighted by Gasteiger charge is -2.17. The number of fused-ring (bicyclic) bond motifs is 1. The number of anilines is 2. The minimum absolute atomic E-state index is 0.187. The molecule has 0 aliphatic heterocycles. The Bertz CT molecular complexity index is 1320. The van der Waals surface area contributed by atoms with Gasteiger partial charge in [0.1, 0.15) is 5.69 Å². The summed E-state index contributed by atoms with van der Waals surface area (Å²) in [6.45, 7) is 3.95. The van der Waals surface area contributed by atoms with Gasteiger partial charge < -0.3 is 19.9 Å². The zero-order valence-corrected chi connectivity index (χ0v) is 19.2. The van der Waals surface area contributed by atoms with E-state index in [4.69, 9.17) is 4.74 Å². The van der Waals surface area contributed by atoms with Gasteiger partial charge in [-0.3, -0.25) is 4.79 Å². The molecule has 6 heteroatoms. The topological polar surface area (TPSA) is 72.4 Å². The number of hydrogen-bond acceptors (Lipinski definition) is 4. The van der Waals surface area contributed by atoms with Gasteiger partial charge >= 0.3 is 5.97 Å². The maximum atomic E-state index is 13.5. The summed E-state index contributed by atoms with van der Waals surface area (Å²) < 4.78 is 6.66. The predicted octanol–water partition coefficient (Wildman–Crippen LogP) is 5.51. The van der Waals surface area contributed by atoms with Crippen molar-refractivity contribution in [2.24, 2.45) is 7.05 Å². The lowest BCUT2D eigenvalue weighted by atomic mass is 10.1. The number of aromatic nitrogens is 1. The van der Waals surface area contributed by atoms with Crippen LogP contribution in [0.1, 0.15) is 44.9 Å². The third kappa shape index (κ3) is 4.46. The van der Waals surface area contributed by atoms with Gasteiger partial charge in [0.15, 0.2) is 0 Å². The molecular formula is C27H27N3O3. The van der Waals surface area contributed by atoms with Crippen LogP contribution in [0.4, 0.5) is 11.4 Å². The summed E-state index contributed by atoms with van der Waals surface area (Å²) >= 11 is 0. The smallest absolute Gasteiger partial charge is 0.337 e. The molecule has 0 unspecified atom stereocenters. The highest BCUT2D eigenvalue weighted by Crippen LogP contribution is 2.33. The first-order valence-electron chi connectivity index (χ1n) is 10.8. The summed E-state index contributed by atoms with van der Waals surface area (Å²) in [5.74, 6) is -0.575. The number of nitrogens with zero attached hydrogens (tertiary/aromatic N) is 1. The number of carbonyl (C=O) groups excluding carboxylic acids is 2. The van der Waals surface area contributed by atoms with Crippen molar-refractivity contribution >= 4 is 34.2 Å². The Morgan fingerprint density at radius 2 is 1.70 bits per heavy atom. The maximum Gasteiger partial charge on any atom is 0.337 e. The average molecular weight is 442 g/mol. The van der Waals surface area contributed by atoms with Gasteiger partial charge in [0.25, 0.3) is 5.91 Å². The Morgan fingerprint density at radius 1 is 0.970 bits per heavy atom. The average Bonchev–Trinajstić information content (AvgIpc) is 3.10. The summed E-state index contributed by atoms with van der Waals surface area (Å²) in [6.07, 6.45) is 0. The number of methoxy groups -OCH3 is 1. The third-order valence-corrected chi connectivity index (χ3v) is 5.79. The van der Waals surface area contributed by atoms with Gasteiger partial charge in [0.2, 0.25) is 0 Å². The second kappa shape index (κ2) is 9.20. The fraction of sp³-hybridized carbons (Fsp3) is 0.185. The lowest BCUT2D eigenvalue weighted by molar-refractivity contribution is 0.0600. The molecule has 0 aliphatic rings. The molecule has 4 rings (SSSR count). The van der Waals surface area contributed by atoms with Crippen LogP contribution in [0.3, 0.4) is 0 Å². The van der Waals surface area contributed by atoms with Crippen molar-refractivity contribution in [1.82, 2.24) is 9.88 Å². The Labute approximate surface area is 193 Å². The van der Waals surface area contributed by atoms with E-state index < -0.39 is 0 Å². The Balaban J connectivity index is 1.66. The molecule has 0 fully saturated rings. The highest BCUT2D eigenvalue weighted by atomic mass is 16.5. The lowest BCUT2D eigenvalue weighted by Crippen LogP contribution is -2.29. The number of aryl methyl sites for hydroxylation is 2. The molecule has 0 spiro atoms. The molecule has 4 aromatic rings. The van der Waals surface area contributed by atoms with Gasteiger partial charge in [0.05, 0.1) is 29.9 Å². The van der Waals surface area contributed by atoms with Crippen molar-refractivity contribution in [3.8, 4) is 0 Å². The van der Waals surface area contributed by atoms with Crippen molar-refractivity contribution in [3.63, 3.8) is 0 Å². The number of para-hydroxylation sites is 1. The van der Waals surface area contributed by atoms with E-state index in [-0.39, 0.29) is 17.9 Å². The van der Waals surface area contributed by atoms with E-state index >= 15 is 0 Å². The largest absolute Gasteiger partial charge is 0.465 e. The van der Waals surface area contributed by atoms with E-state index in [1.807, 2.05) is 80.1 Å². The monoisotopic (exact) mass is 441 g/mol. The van der Waals surface area contributed by atoms with Crippen LogP contribution in [0, 0.1) is 6.92 Å². The first-order valence-corrected chi connectivity index (χ1v) is 10.8. The van der Waals surface area contributed by atoms with Gasteiger partial charge in [-0.25, -0.2) is 4.79 Å². The number of carbonyl (C=O) groups is 2. The summed E-state index contributed by atoms with van der Waals surface area (Å²) in [4.78, 5) is 25.2. The quantitative estimate of drug-likeness (QED) is 0.387. The van der Waals surface area contributed by atoms with E-state index in [9.17, 15) is 9.59 Å². The molecule has 3 aromatic carbocycles. The summed E-state index contributed by atoms with van der Waals surface area (Å²) in [7, 11) is 3.25. The van der Waals surface area contributed by atoms with Crippen LogP contribution < -0.4 is 10.6 Å². The number of esters is 1. The van der Waals surface area contributed by atoms with Crippen molar-refractivity contribution in [2.45, 2.75) is 19.9 Å². The molecule has 1 aromatic heterocycles. The molecule has 0 aliphatic carbocycles. The minimum atomic E-state index is -0.388. The second-order valence-electron chi connectivity index (χ2n) is 8.10. The van der Waals surface area contributed by atoms with Crippen LogP contribution in [-0.2, 0) is 11.8 Å². The molecule has 0 radical (unpaired) electrons. The predicted molar refractivity (Wildman–Crippen MR) is 131 cm³/mol. The zero-order chi connectivity index (χ0) is 23.5. The van der Waals surface area contributed by atoms with Crippen LogP contribution in [-0.4, -0.2) is 23.6 Å². The van der Waals surface area contributed by atoms with Crippen molar-refractivity contribution in [2.75, 3.05) is 12.4 Å². The number of benzene rings is 3. The fourth-order valence-corrected chi connectivity index (χ4v) is 4.03. The van der Waals surface area contributed by atoms with Crippen LogP contribution in [0.25, 0.3) is 10.9 Å². The van der Waals surface area contributed by atoms with Crippen LogP contribution in [0.2, 0.25) is 0 Å².